The van der Waals surface area contributed by atoms with Crippen LogP contribution in [0.2, 0.25) is 0 Å². The van der Waals surface area contributed by atoms with Crippen LogP contribution in [-0.2, 0) is 18.9 Å². The molecule has 4 heteroatoms. The van der Waals surface area contributed by atoms with Gasteiger partial charge in [-0.15, -0.1) is 0 Å². The summed E-state index contributed by atoms with van der Waals surface area (Å²) in [6.45, 7) is 1.14. The van der Waals surface area contributed by atoms with Gasteiger partial charge in [-0.25, -0.2) is 0 Å². The minimum absolute atomic E-state index is 0.249. The first-order chi connectivity index (χ1) is 6.91. The maximum Gasteiger partial charge on any atom is 0.147 e. The molecule has 0 amide bonds. The Bertz CT molecular complexity index is 202. The number of methoxy groups -OCH3 is 2. The highest BCUT2D eigenvalue weighted by atomic mass is 16.7. The maximum absolute atomic E-state index is 4.91. The van der Waals surface area contributed by atoms with Crippen molar-refractivity contribution < 1.29 is 18.9 Å². The van der Waals surface area contributed by atoms with Gasteiger partial charge in [0, 0.05) is 14.2 Å². The molecule has 0 aliphatic rings. The fourth-order valence-electron chi connectivity index (χ4n) is 0.513. The van der Waals surface area contributed by atoms with Crippen LogP contribution in [0.3, 0.4) is 0 Å². The fraction of sp³-hybridized carbons (Fsp3) is 0.600. The van der Waals surface area contributed by atoms with Gasteiger partial charge in [0.15, 0.2) is 0 Å². The standard InChI is InChI=1S/C10H14O4/c1-11-9-13-7-5-3-4-6-8-14-10-12-2/h7-10H2,1-2H3. The van der Waals surface area contributed by atoms with E-state index in [0.29, 0.717) is 13.2 Å². The molecule has 0 rings (SSSR count). The zero-order chi connectivity index (χ0) is 10.5. The Morgan fingerprint density at radius 2 is 1.21 bits per heavy atom. The molecule has 0 aromatic carbocycles. The third kappa shape index (κ3) is 11.0. The molecule has 0 N–H and O–H groups in total. The first-order valence-electron chi connectivity index (χ1n) is 4.01. The predicted molar refractivity (Wildman–Crippen MR) is 51.2 cm³/mol. The maximum atomic E-state index is 4.91. The quantitative estimate of drug-likeness (QED) is 0.348. The largest absolute Gasteiger partial charge is 0.359 e. The molecule has 0 aliphatic heterocycles. The summed E-state index contributed by atoms with van der Waals surface area (Å²) in [5.41, 5.74) is 0. The van der Waals surface area contributed by atoms with Crippen LogP contribution in [0.5, 0.6) is 0 Å². The first kappa shape index (κ1) is 13.0. The van der Waals surface area contributed by atoms with Gasteiger partial charge in [-0.3, -0.25) is 0 Å². The van der Waals surface area contributed by atoms with E-state index in [1.165, 1.54) is 0 Å². The molecule has 78 valence electrons. The van der Waals surface area contributed by atoms with Gasteiger partial charge in [-0.1, -0.05) is 11.8 Å². The summed E-state index contributed by atoms with van der Waals surface area (Å²) in [5.74, 6) is 10.6. The molecule has 0 aliphatic carbocycles. The van der Waals surface area contributed by atoms with Crippen LogP contribution < -0.4 is 0 Å². The van der Waals surface area contributed by atoms with Crippen LogP contribution in [0.4, 0.5) is 0 Å². The Morgan fingerprint density at radius 1 is 0.786 bits per heavy atom. The normalized spacial score (nSPS) is 8.43. The van der Waals surface area contributed by atoms with Crippen molar-refractivity contribution in [2.75, 3.05) is 41.0 Å². The number of ether oxygens (including phenoxy) is 4. The van der Waals surface area contributed by atoms with Crippen LogP contribution in [0, 0.1) is 23.7 Å². The Labute approximate surface area is 84.5 Å². The molecular weight excluding hydrogens is 184 g/mol. The number of hydrogen-bond acceptors (Lipinski definition) is 4. The molecule has 0 saturated heterocycles. The molecule has 0 spiro atoms. The lowest BCUT2D eigenvalue weighted by Gasteiger charge is -1.93. The van der Waals surface area contributed by atoms with Gasteiger partial charge in [-0.05, 0) is 11.8 Å². The third-order valence-electron chi connectivity index (χ3n) is 0.990. The van der Waals surface area contributed by atoms with Crippen molar-refractivity contribution in [3.05, 3.63) is 0 Å². The van der Waals surface area contributed by atoms with Gasteiger partial charge in [0.2, 0.25) is 0 Å². The predicted octanol–water partition coefficient (Wildman–Crippen LogP) is 0.234. The second kappa shape index (κ2) is 12.0. The summed E-state index contributed by atoms with van der Waals surface area (Å²) in [5, 5.41) is 0. The van der Waals surface area contributed by atoms with Crippen LogP contribution in [-0.4, -0.2) is 41.0 Å². The smallest absolute Gasteiger partial charge is 0.147 e. The molecule has 0 atom stereocenters. The highest BCUT2D eigenvalue weighted by Crippen LogP contribution is 1.73. The Kier molecular flexibility index (Phi) is 11.1. The monoisotopic (exact) mass is 198 g/mol. The molecule has 0 radical (unpaired) electrons. The van der Waals surface area contributed by atoms with Crippen molar-refractivity contribution in [1.82, 2.24) is 0 Å². The molecule has 0 bridgehead atoms. The second-order valence-corrected chi connectivity index (χ2v) is 2.11. The average molecular weight is 198 g/mol. The second-order valence-electron chi connectivity index (χ2n) is 2.11. The lowest BCUT2D eigenvalue weighted by Crippen LogP contribution is -1.96. The van der Waals surface area contributed by atoms with Crippen molar-refractivity contribution >= 4 is 0 Å². The van der Waals surface area contributed by atoms with Gasteiger partial charge < -0.3 is 18.9 Å². The van der Waals surface area contributed by atoms with Gasteiger partial charge in [0.25, 0.3) is 0 Å². The summed E-state index contributed by atoms with van der Waals surface area (Å²) >= 11 is 0. The first-order valence-corrected chi connectivity index (χ1v) is 4.01. The van der Waals surface area contributed by atoms with E-state index in [9.17, 15) is 0 Å². The summed E-state index contributed by atoms with van der Waals surface area (Å²) < 4.78 is 19.1. The van der Waals surface area contributed by atoms with Crippen molar-refractivity contribution in [2.45, 2.75) is 0 Å². The highest BCUT2D eigenvalue weighted by Gasteiger charge is 1.77. The Hall–Kier alpha value is -1.04. The molecule has 0 saturated carbocycles. The van der Waals surface area contributed by atoms with E-state index in [1.54, 1.807) is 14.2 Å². The SMILES string of the molecule is COCOCC#CC#CCOCOC. The summed E-state index contributed by atoms with van der Waals surface area (Å²) in [7, 11) is 3.11. The lowest BCUT2D eigenvalue weighted by molar-refractivity contribution is -0.0168. The van der Waals surface area contributed by atoms with E-state index in [0.717, 1.165) is 0 Å². The molecule has 0 aromatic heterocycles. The Balaban J connectivity index is 3.29. The number of rotatable bonds is 6. The van der Waals surface area contributed by atoms with E-state index in [-0.39, 0.29) is 13.6 Å². The lowest BCUT2D eigenvalue weighted by atomic mass is 10.5. The third-order valence-corrected chi connectivity index (χ3v) is 0.990. The minimum atomic E-state index is 0.249. The topological polar surface area (TPSA) is 36.9 Å². The van der Waals surface area contributed by atoms with E-state index < -0.39 is 0 Å². The van der Waals surface area contributed by atoms with Crippen LogP contribution >= 0.6 is 0 Å². The molecule has 4 nitrogen and oxygen atoms in total. The molecular formula is C10H14O4. The van der Waals surface area contributed by atoms with Crippen molar-refractivity contribution in [2.24, 2.45) is 0 Å². The van der Waals surface area contributed by atoms with E-state index in [1.807, 2.05) is 0 Å². The molecule has 14 heavy (non-hydrogen) atoms. The van der Waals surface area contributed by atoms with Crippen LogP contribution in [0.15, 0.2) is 0 Å². The fourth-order valence-corrected chi connectivity index (χ4v) is 0.513. The number of hydrogen-bond donors (Lipinski definition) is 0. The molecule has 0 fully saturated rings. The summed E-state index contributed by atoms with van der Waals surface area (Å²) in [6.07, 6.45) is 0. The zero-order valence-electron chi connectivity index (χ0n) is 8.46. The average Bonchev–Trinajstić information content (AvgIpc) is 2.21. The minimum Gasteiger partial charge on any atom is -0.359 e. The molecule has 0 aromatic rings. The van der Waals surface area contributed by atoms with E-state index in [2.05, 4.69) is 33.2 Å². The van der Waals surface area contributed by atoms with Crippen molar-refractivity contribution in [3.63, 3.8) is 0 Å². The van der Waals surface area contributed by atoms with Gasteiger partial charge in [-0.2, -0.15) is 0 Å². The van der Waals surface area contributed by atoms with Gasteiger partial charge in [0.1, 0.15) is 26.8 Å². The van der Waals surface area contributed by atoms with Crippen LogP contribution in [0.1, 0.15) is 0 Å². The van der Waals surface area contributed by atoms with E-state index >= 15 is 0 Å². The van der Waals surface area contributed by atoms with Gasteiger partial charge in [0.05, 0.1) is 0 Å². The highest BCUT2D eigenvalue weighted by molar-refractivity contribution is 5.25. The summed E-state index contributed by atoms with van der Waals surface area (Å²) in [6, 6.07) is 0. The zero-order valence-corrected chi connectivity index (χ0v) is 8.46. The van der Waals surface area contributed by atoms with Crippen molar-refractivity contribution in [1.29, 1.82) is 0 Å². The van der Waals surface area contributed by atoms with Crippen LogP contribution in [0.25, 0.3) is 0 Å². The van der Waals surface area contributed by atoms with Crippen molar-refractivity contribution in [3.8, 4) is 23.7 Å². The van der Waals surface area contributed by atoms with Gasteiger partial charge >= 0.3 is 0 Å². The molecule has 0 heterocycles. The van der Waals surface area contributed by atoms with E-state index in [4.69, 9.17) is 9.47 Å². The molecule has 0 unspecified atom stereocenters. The Morgan fingerprint density at radius 3 is 1.57 bits per heavy atom. The summed E-state index contributed by atoms with van der Waals surface area (Å²) in [4.78, 5) is 0.